The summed E-state index contributed by atoms with van der Waals surface area (Å²) >= 11 is 0. The van der Waals surface area contributed by atoms with Crippen LogP contribution in [0.25, 0.3) is 0 Å². The molecule has 1 saturated heterocycles. The van der Waals surface area contributed by atoms with Crippen molar-refractivity contribution in [2.24, 2.45) is 0 Å². The number of likely N-dealkylation sites (tertiary alicyclic amines) is 1. The first-order valence-corrected chi connectivity index (χ1v) is 7.68. The minimum absolute atomic E-state index is 0.593. The molecule has 1 aliphatic rings. The number of likely N-dealkylation sites (N-methyl/N-ethyl adjacent to an activating group) is 1. The van der Waals surface area contributed by atoms with Crippen LogP contribution in [0.4, 0.5) is 0 Å². The molecule has 0 aromatic carbocycles. The van der Waals surface area contributed by atoms with E-state index in [1.54, 1.807) is 0 Å². The van der Waals surface area contributed by atoms with E-state index in [1.165, 1.54) is 38.8 Å². The summed E-state index contributed by atoms with van der Waals surface area (Å²) in [6.45, 7) is 10.4. The summed E-state index contributed by atoms with van der Waals surface area (Å²) in [5, 5.41) is 3.61. The second kappa shape index (κ2) is 8.13. The van der Waals surface area contributed by atoms with E-state index in [4.69, 9.17) is 0 Å². The lowest BCUT2D eigenvalue weighted by molar-refractivity contribution is 0.100. The average Bonchev–Trinajstić information content (AvgIpc) is 2.34. The van der Waals surface area contributed by atoms with Crippen LogP contribution in [0.5, 0.6) is 0 Å². The quantitative estimate of drug-likeness (QED) is 0.752. The lowest BCUT2D eigenvalue weighted by Gasteiger charge is -2.40. The Kier molecular flexibility index (Phi) is 7.20. The lowest BCUT2D eigenvalue weighted by Crippen LogP contribution is -2.50. The molecule has 0 bridgehead atoms. The fourth-order valence-corrected chi connectivity index (χ4v) is 2.86. The van der Waals surface area contributed by atoms with Gasteiger partial charge in [0.15, 0.2) is 0 Å². The van der Waals surface area contributed by atoms with E-state index in [1.807, 2.05) is 0 Å². The molecule has 1 heterocycles. The fraction of sp³-hybridized carbons (Fsp3) is 1.00. The third-order valence-electron chi connectivity index (χ3n) is 4.22. The molecular weight excluding hydrogens is 222 g/mol. The normalized spacial score (nSPS) is 20.8. The third kappa shape index (κ3) is 5.25. The molecule has 1 aliphatic heterocycles. The van der Waals surface area contributed by atoms with E-state index in [2.05, 4.69) is 50.0 Å². The zero-order chi connectivity index (χ0) is 13.5. The van der Waals surface area contributed by atoms with Crippen LogP contribution in [0.1, 0.15) is 46.5 Å². The van der Waals surface area contributed by atoms with Crippen molar-refractivity contribution in [3.05, 3.63) is 0 Å². The highest BCUT2D eigenvalue weighted by atomic mass is 15.2. The van der Waals surface area contributed by atoms with Crippen LogP contribution in [0, 0.1) is 0 Å². The van der Waals surface area contributed by atoms with Gasteiger partial charge in [-0.05, 0) is 46.4 Å². The van der Waals surface area contributed by atoms with Gasteiger partial charge < -0.3 is 10.2 Å². The highest BCUT2D eigenvalue weighted by Crippen LogP contribution is 2.18. The first kappa shape index (κ1) is 15.9. The summed E-state index contributed by atoms with van der Waals surface area (Å²) in [5.74, 6) is 0. The van der Waals surface area contributed by atoms with Gasteiger partial charge in [-0.1, -0.05) is 27.2 Å². The van der Waals surface area contributed by atoms with Crippen molar-refractivity contribution in [2.75, 3.05) is 33.7 Å². The fourth-order valence-electron chi connectivity index (χ4n) is 2.86. The molecule has 1 atom stereocenters. The first-order valence-electron chi connectivity index (χ1n) is 7.68. The molecule has 1 N–H and O–H groups in total. The molecule has 1 fully saturated rings. The highest BCUT2D eigenvalue weighted by molar-refractivity contribution is 4.82. The van der Waals surface area contributed by atoms with Crippen LogP contribution >= 0.6 is 0 Å². The van der Waals surface area contributed by atoms with Crippen molar-refractivity contribution < 1.29 is 0 Å². The van der Waals surface area contributed by atoms with Crippen molar-refractivity contribution in [3.63, 3.8) is 0 Å². The molecule has 3 nitrogen and oxygen atoms in total. The number of nitrogens with zero attached hydrogens (tertiary/aromatic N) is 2. The van der Waals surface area contributed by atoms with Gasteiger partial charge in [0.2, 0.25) is 0 Å². The summed E-state index contributed by atoms with van der Waals surface area (Å²) in [6.07, 6.45) is 5.24. The van der Waals surface area contributed by atoms with Crippen LogP contribution < -0.4 is 5.32 Å². The summed E-state index contributed by atoms with van der Waals surface area (Å²) in [6, 6.07) is 2.08. The molecular formula is C15H33N3. The van der Waals surface area contributed by atoms with Gasteiger partial charge in [0.25, 0.3) is 0 Å². The largest absolute Gasteiger partial charge is 0.313 e. The van der Waals surface area contributed by atoms with E-state index in [0.717, 1.165) is 12.6 Å². The van der Waals surface area contributed by atoms with Crippen molar-refractivity contribution in [2.45, 2.75) is 64.6 Å². The zero-order valence-electron chi connectivity index (χ0n) is 13.1. The second-order valence-electron chi connectivity index (χ2n) is 6.21. The molecule has 0 aromatic heterocycles. The summed E-state index contributed by atoms with van der Waals surface area (Å²) in [7, 11) is 4.57. The van der Waals surface area contributed by atoms with Gasteiger partial charge in [-0.25, -0.2) is 0 Å². The maximum atomic E-state index is 3.61. The Morgan fingerprint density at radius 3 is 2.39 bits per heavy atom. The SMILES string of the molecule is CCCC(CNC(C)C)N(C)C1CCN(C)CC1. The minimum atomic E-state index is 0.593. The van der Waals surface area contributed by atoms with Crippen molar-refractivity contribution in [3.8, 4) is 0 Å². The lowest BCUT2D eigenvalue weighted by atomic mass is 10.0. The van der Waals surface area contributed by atoms with Gasteiger partial charge in [-0.2, -0.15) is 0 Å². The number of nitrogens with one attached hydrogen (secondary N) is 1. The Bertz CT molecular complexity index is 210. The first-order chi connectivity index (χ1) is 8.54. The van der Waals surface area contributed by atoms with Crippen LogP contribution in [0.3, 0.4) is 0 Å². The molecule has 18 heavy (non-hydrogen) atoms. The maximum Gasteiger partial charge on any atom is 0.0220 e. The van der Waals surface area contributed by atoms with Crippen molar-refractivity contribution in [1.82, 2.24) is 15.1 Å². The Morgan fingerprint density at radius 2 is 1.89 bits per heavy atom. The van der Waals surface area contributed by atoms with Gasteiger partial charge in [0.05, 0.1) is 0 Å². The van der Waals surface area contributed by atoms with Crippen molar-refractivity contribution >= 4 is 0 Å². The van der Waals surface area contributed by atoms with Crippen LogP contribution in [0.2, 0.25) is 0 Å². The molecule has 108 valence electrons. The van der Waals surface area contributed by atoms with Crippen LogP contribution in [-0.2, 0) is 0 Å². The van der Waals surface area contributed by atoms with Gasteiger partial charge in [-0.15, -0.1) is 0 Å². The third-order valence-corrected chi connectivity index (χ3v) is 4.22. The molecule has 0 spiro atoms. The predicted molar refractivity (Wildman–Crippen MR) is 80.1 cm³/mol. The van der Waals surface area contributed by atoms with Crippen LogP contribution in [-0.4, -0.2) is 61.7 Å². The monoisotopic (exact) mass is 255 g/mol. The molecule has 0 saturated carbocycles. The van der Waals surface area contributed by atoms with E-state index in [9.17, 15) is 0 Å². The number of hydrogen-bond donors (Lipinski definition) is 1. The molecule has 1 unspecified atom stereocenters. The van der Waals surface area contributed by atoms with Gasteiger partial charge in [-0.3, -0.25) is 4.90 Å². The van der Waals surface area contributed by atoms with Crippen LogP contribution in [0.15, 0.2) is 0 Å². The topological polar surface area (TPSA) is 18.5 Å². The van der Waals surface area contributed by atoms with E-state index < -0.39 is 0 Å². The molecule has 0 radical (unpaired) electrons. The van der Waals surface area contributed by atoms with Gasteiger partial charge >= 0.3 is 0 Å². The van der Waals surface area contributed by atoms with E-state index >= 15 is 0 Å². The maximum absolute atomic E-state index is 3.61. The molecule has 0 aliphatic carbocycles. The average molecular weight is 255 g/mol. The Morgan fingerprint density at radius 1 is 1.28 bits per heavy atom. The van der Waals surface area contributed by atoms with E-state index in [0.29, 0.717) is 12.1 Å². The summed E-state index contributed by atoms with van der Waals surface area (Å²) < 4.78 is 0. The number of piperidine rings is 1. The molecule has 0 amide bonds. The Hall–Kier alpha value is -0.120. The van der Waals surface area contributed by atoms with E-state index in [-0.39, 0.29) is 0 Å². The number of rotatable bonds is 7. The predicted octanol–water partition coefficient (Wildman–Crippen LogP) is 2.18. The summed E-state index contributed by atoms with van der Waals surface area (Å²) in [5.41, 5.74) is 0. The van der Waals surface area contributed by atoms with Crippen molar-refractivity contribution in [1.29, 1.82) is 0 Å². The summed E-state index contributed by atoms with van der Waals surface area (Å²) in [4.78, 5) is 5.09. The molecule has 3 heteroatoms. The Labute approximate surface area is 114 Å². The second-order valence-corrected chi connectivity index (χ2v) is 6.21. The number of hydrogen-bond acceptors (Lipinski definition) is 3. The zero-order valence-corrected chi connectivity index (χ0v) is 13.1. The smallest absolute Gasteiger partial charge is 0.0220 e. The standard InChI is InChI=1S/C15H33N3/c1-6-7-15(12-16-13(2)3)18(5)14-8-10-17(4)11-9-14/h13-16H,6-12H2,1-5H3. The Balaban J connectivity index is 2.44. The molecule has 0 aromatic rings. The highest BCUT2D eigenvalue weighted by Gasteiger charge is 2.25. The van der Waals surface area contributed by atoms with Gasteiger partial charge in [0.1, 0.15) is 0 Å². The molecule has 1 rings (SSSR count). The van der Waals surface area contributed by atoms with Gasteiger partial charge in [0, 0.05) is 24.7 Å². The minimum Gasteiger partial charge on any atom is -0.313 e.